The second kappa shape index (κ2) is 4.12. The molecule has 0 unspecified atom stereocenters. The van der Waals surface area contributed by atoms with E-state index < -0.39 is 49.9 Å². The Morgan fingerprint density at radius 3 is 2.47 bits per heavy atom. The summed E-state index contributed by atoms with van der Waals surface area (Å²) in [5, 5.41) is 19.1. The Balaban J connectivity index is 3.21. The standard InChI is InChI=1S/C10H4F2N2O5/c11-3-1-4(12)6-5(2-3)13-10(17)7(14(18)19)9(16)8(6)15/h1-2H,(H,13,17)(H,15,16). The first-order valence-corrected chi connectivity index (χ1v) is 4.75. The van der Waals surface area contributed by atoms with E-state index in [9.17, 15) is 33.6 Å². The number of aromatic nitrogens is 1. The SMILES string of the molecule is O=c1[nH]c2cc(F)cc(F)c2c(=O)c(O)c1[N+](=O)[O-]. The Labute approximate surface area is 101 Å². The maximum absolute atomic E-state index is 13.5. The third-order valence-corrected chi connectivity index (χ3v) is 2.37. The van der Waals surface area contributed by atoms with Gasteiger partial charge in [0.1, 0.15) is 11.6 Å². The van der Waals surface area contributed by atoms with Crippen molar-refractivity contribution in [2.24, 2.45) is 0 Å². The van der Waals surface area contributed by atoms with Gasteiger partial charge >= 0.3 is 11.2 Å². The zero-order valence-corrected chi connectivity index (χ0v) is 8.94. The van der Waals surface area contributed by atoms with E-state index in [0.717, 1.165) is 0 Å². The number of halogens is 2. The van der Waals surface area contributed by atoms with E-state index in [0.29, 0.717) is 12.1 Å². The monoisotopic (exact) mass is 270 g/mol. The van der Waals surface area contributed by atoms with Crippen molar-refractivity contribution in [2.75, 3.05) is 0 Å². The summed E-state index contributed by atoms with van der Waals surface area (Å²) in [5.41, 5.74) is -4.94. The zero-order chi connectivity index (χ0) is 14.3. The van der Waals surface area contributed by atoms with E-state index in [1.54, 1.807) is 4.98 Å². The number of H-pyrrole nitrogens is 1. The second-order valence-electron chi connectivity index (χ2n) is 3.55. The van der Waals surface area contributed by atoms with Crippen molar-refractivity contribution in [3.63, 3.8) is 0 Å². The number of nitrogens with one attached hydrogen (secondary N) is 1. The highest BCUT2D eigenvalue weighted by atomic mass is 19.1. The molecule has 2 N–H and O–H groups in total. The number of aromatic hydroxyl groups is 1. The van der Waals surface area contributed by atoms with Gasteiger partial charge in [0.05, 0.1) is 15.8 Å². The number of rotatable bonds is 1. The molecule has 0 aliphatic heterocycles. The van der Waals surface area contributed by atoms with Crippen LogP contribution in [0.3, 0.4) is 0 Å². The normalized spacial score (nSPS) is 10.6. The Morgan fingerprint density at radius 1 is 1.26 bits per heavy atom. The summed E-state index contributed by atoms with van der Waals surface area (Å²) in [6.45, 7) is 0. The lowest BCUT2D eigenvalue weighted by Gasteiger charge is -1.94. The van der Waals surface area contributed by atoms with E-state index >= 15 is 0 Å². The number of nitro groups is 1. The van der Waals surface area contributed by atoms with Gasteiger partial charge in [-0.05, 0) is 6.07 Å². The number of aromatic amines is 1. The van der Waals surface area contributed by atoms with Gasteiger partial charge in [-0.3, -0.25) is 19.7 Å². The summed E-state index contributed by atoms with van der Waals surface area (Å²) in [5.74, 6) is -3.95. The molecule has 2 rings (SSSR count). The fourth-order valence-electron chi connectivity index (χ4n) is 1.59. The summed E-state index contributed by atoms with van der Waals surface area (Å²) in [6, 6.07) is 0.970. The average molecular weight is 270 g/mol. The van der Waals surface area contributed by atoms with Crippen molar-refractivity contribution in [3.05, 3.63) is 54.5 Å². The summed E-state index contributed by atoms with van der Waals surface area (Å²) in [7, 11) is 0. The van der Waals surface area contributed by atoms with Crippen LogP contribution < -0.4 is 11.0 Å². The minimum Gasteiger partial charge on any atom is -0.499 e. The first kappa shape index (κ1) is 12.6. The molecule has 0 aliphatic rings. The highest BCUT2D eigenvalue weighted by molar-refractivity contribution is 5.80. The van der Waals surface area contributed by atoms with Crippen LogP contribution in [0.5, 0.6) is 5.75 Å². The topological polar surface area (TPSA) is 113 Å². The zero-order valence-electron chi connectivity index (χ0n) is 8.94. The fourth-order valence-corrected chi connectivity index (χ4v) is 1.59. The summed E-state index contributed by atoms with van der Waals surface area (Å²) in [4.78, 5) is 34.2. The van der Waals surface area contributed by atoms with Gasteiger partial charge in [0, 0.05) is 6.07 Å². The van der Waals surface area contributed by atoms with Crippen molar-refractivity contribution >= 4 is 16.6 Å². The van der Waals surface area contributed by atoms with Crippen molar-refractivity contribution < 1.29 is 18.8 Å². The third-order valence-electron chi connectivity index (χ3n) is 2.37. The summed E-state index contributed by atoms with van der Waals surface area (Å²) >= 11 is 0. The van der Waals surface area contributed by atoms with Gasteiger partial charge in [0.2, 0.25) is 11.2 Å². The Bertz CT molecular complexity index is 831. The quantitative estimate of drug-likeness (QED) is 0.587. The van der Waals surface area contributed by atoms with Crippen LogP contribution in [0.2, 0.25) is 0 Å². The fraction of sp³-hybridized carbons (Fsp3) is 0. The van der Waals surface area contributed by atoms with Gasteiger partial charge < -0.3 is 10.1 Å². The minimum atomic E-state index is -1.51. The molecule has 19 heavy (non-hydrogen) atoms. The van der Waals surface area contributed by atoms with Gasteiger partial charge in [-0.2, -0.15) is 0 Å². The van der Waals surface area contributed by atoms with Crippen LogP contribution in [0.4, 0.5) is 14.5 Å². The molecule has 0 fully saturated rings. The van der Waals surface area contributed by atoms with Gasteiger partial charge in [-0.15, -0.1) is 0 Å². The molecule has 7 nitrogen and oxygen atoms in total. The molecule has 0 aliphatic carbocycles. The molecule has 0 saturated carbocycles. The molecule has 0 atom stereocenters. The third kappa shape index (κ3) is 1.90. The van der Waals surface area contributed by atoms with Crippen LogP contribution >= 0.6 is 0 Å². The number of fused-ring (bicyclic) bond motifs is 1. The molecule has 1 heterocycles. The Hall–Kier alpha value is -2.84. The van der Waals surface area contributed by atoms with E-state index in [1.807, 2.05) is 0 Å². The molecular weight excluding hydrogens is 266 g/mol. The average Bonchev–Trinajstić information content (AvgIpc) is 2.34. The molecular formula is C10H4F2N2O5. The van der Waals surface area contributed by atoms with Gasteiger partial charge in [-0.1, -0.05) is 0 Å². The lowest BCUT2D eigenvalue weighted by molar-refractivity contribution is -0.387. The van der Waals surface area contributed by atoms with Crippen LogP contribution in [0.15, 0.2) is 21.7 Å². The number of benzene rings is 1. The summed E-state index contributed by atoms with van der Waals surface area (Å²) < 4.78 is 26.5. The van der Waals surface area contributed by atoms with Crippen LogP contribution in [-0.4, -0.2) is 15.0 Å². The van der Waals surface area contributed by atoms with E-state index in [1.165, 1.54) is 0 Å². The minimum absolute atomic E-state index is 0.354. The molecule has 9 heteroatoms. The van der Waals surface area contributed by atoms with Crippen molar-refractivity contribution in [1.82, 2.24) is 4.98 Å². The molecule has 0 bridgehead atoms. The smallest absolute Gasteiger partial charge is 0.379 e. The van der Waals surface area contributed by atoms with Crippen molar-refractivity contribution in [2.45, 2.75) is 0 Å². The predicted octanol–water partition coefficient (Wildman–Crippen LogP) is 0.780. The molecule has 0 spiro atoms. The van der Waals surface area contributed by atoms with Crippen LogP contribution in [-0.2, 0) is 0 Å². The van der Waals surface area contributed by atoms with Crippen molar-refractivity contribution in [1.29, 1.82) is 0 Å². The summed E-state index contributed by atoms with van der Waals surface area (Å²) in [6.07, 6.45) is 0. The molecule has 0 amide bonds. The predicted molar refractivity (Wildman–Crippen MR) is 59.1 cm³/mol. The van der Waals surface area contributed by atoms with Crippen molar-refractivity contribution in [3.8, 4) is 5.75 Å². The highest BCUT2D eigenvalue weighted by Gasteiger charge is 2.24. The number of nitrogens with zero attached hydrogens (tertiary/aromatic N) is 1. The molecule has 0 saturated heterocycles. The Kier molecular flexibility index (Phi) is 2.74. The van der Waals surface area contributed by atoms with Gasteiger partial charge in [-0.25, -0.2) is 8.78 Å². The number of hydrogen-bond acceptors (Lipinski definition) is 5. The molecule has 1 aromatic carbocycles. The molecule has 98 valence electrons. The maximum atomic E-state index is 13.5. The van der Waals surface area contributed by atoms with E-state index in [4.69, 9.17) is 0 Å². The van der Waals surface area contributed by atoms with Crippen LogP contribution in [0, 0.1) is 21.7 Å². The first-order chi connectivity index (χ1) is 8.82. The highest BCUT2D eigenvalue weighted by Crippen LogP contribution is 2.20. The van der Waals surface area contributed by atoms with Gasteiger partial charge in [0.15, 0.2) is 0 Å². The van der Waals surface area contributed by atoms with E-state index in [-0.39, 0.29) is 0 Å². The lowest BCUT2D eigenvalue weighted by atomic mass is 10.2. The lowest BCUT2D eigenvalue weighted by Crippen LogP contribution is -2.09. The van der Waals surface area contributed by atoms with Crippen LogP contribution in [0.1, 0.15) is 0 Å². The van der Waals surface area contributed by atoms with E-state index in [2.05, 4.69) is 0 Å². The maximum Gasteiger partial charge on any atom is 0.379 e. The van der Waals surface area contributed by atoms with Gasteiger partial charge in [0.25, 0.3) is 0 Å². The largest absolute Gasteiger partial charge is 0.499 e. The van der Waals surface area contributed by atoms with Crippen LogP contribution in [0.25, 0.3) is 10.9 Å². The first-order valence-electron chi connectivity index (χ1n) is 4.75. The second-order valence-corrected chi connectivity index (χ2v) is 3.55. The Morgan fingerprint density at radius 2 is 1.89 bits per heavy atom. The molecule has 2 aromatic rings. The number of hydrogen-bond donors (Lipinski definition) is 2. The molecule has 1 aromatic heterocycles. The molecule has 0 radical (unpaired) electrons.